The van der Waals surface area contributed by atoms with E-state index in [4.69, 9.17) is 0 Å². The molecule has 3 aromatic carbocycles. The number of anilines is 3. The van der Waals surface area contributed by atoms with Gasteiger partial charge in [0.25, 0.3) is 0 Å². The predicted molar refractivity (Wildman–Crippen MR) is 108 cm³/mol. The van der Waals surface area contributed by atoms with Crippen LogP contribution in [0.5, 0.6) is 0 Å². The number of hydrogen-bond acceptors (Lipinski definition) is 1. The van der Waals surface area contributed by atoms with E-state index < -0.39 is 0 Å². The molecule has 0 saturated heterocycles. The third-order valence-electron chi connectivity index (χ3n) is 3.60. The first-order chi connectivity index (χ1) is 11.9. The number of para-hydroxylation sites is 3. The Morgan fingerprint density at radius 3 is 1.17 bits per heavy atom. The summed E-state index contributed by atoms with van der Waals surface area (Å²) in [4.78, 5) is 2.25. The summed E-state index contributed by atoms with van der Waals surface area (Å²) in [5.41, 5.74) is 3.50. The van der Waals surface area contributed by atoms with Crippen molar-refractivity contribution in [2.24, 2.45) is 0 Å². The third-order valence-corrected chi connectivity index (χ3v) is 4.77. The van der Waals surface area contributed by atoms with Crippen LogP contribution in [-0.2, 0) is 0 Å². The molecule has 2 heteroatoms. The van der Waals surface area contributed by atoms with E-state index >= 15 is 0 Å². The summed E-state index contributed by atoms with van der Waals surface area (Å²) >= 11 is 1.45. The smallest absolute Gasteiger partial charge is 0.0461 e. The zero-order valence-electron chi connectivity index (χ0n) is 14.3. The zero-order chi connectivity index (χ0) is 17.0. The van der Waals surface area contributed by atoms with Gasteiger partial charge in [-0.05, 0) is 36.4 Å². The fourth-order valence-corrected chi connectivity index (χ4v) is 3.55. The van der Waals surface area contributed by atoms with Gasteiger partial charge in [0.1, 0.15) is 0 Å². The van der Waals surface area contributed by atoms with Crippen molar-refractivity contribution < 1.29 is 0 Å². The Morgan fingerprint density at radius 2 is 0.958 bits per heavy atom. The standard InChI is InChI=1S/C18H15N.C4H9.Sn.H/c1-4-10-16(11-5-1)19(17-12-6-2-7-13-17)18-14-8-3-9-15-18;1-3-4-2;;/h1-15H;1,3-4H2,2H3;;. The van der Waals surface area contributed by atoms with Crippen molar-refractivity contribution in [2.45, 2.75) is 24.2 Å². The van der Waals surface area contributed by atoms with Gasteiger partial charge in [0.2, 0.25) is 0 Å². The molecule has 0 bridgehead atoms. The number of rotatable bonds is 5. The van der Waals surface area contributed by atoms with Gasteiger partial charge < -0.3 is 4.90 Å². The van der Waals surface area contributed by atoms with Crippen molar-refractivity contribution in [3.05, 3.63) is 91.0 Å². The minimum absolute atomic E-state index is 1.17. The van der Waals surface area contributed by atoms with Crippen LogP contribution in [0.1, 0.15) is 19.8 Å². The fourth-order valence-electron chi connectivity index (χ4n) is 2.38. The first-order valence-corrected chi connectivity index (χ1v) is 10.8. The normalized spacial score (nSPS) is 9.75. The third kappa shape index (κ3) is 5.72. The van der Waals surface area contributed by atoms with Crippen molar-refractivity contribution in [1.82, 2.24) is 0 Å². The van der Waals surface area contributed by atoms with Gasteiger partial charge in [0, 0.05) is 17.1 Å². The first-order valence-electron chi connectivity index (χ1n) is 8.52. The van der Waals surface area contributed by atoms with E-state index in [1.54, 1.807) is 0 Å². The van der Waals surface area contributed by atoms with Gasteiger partial charge in [0.05, 0.1) is 0 Å². The van der Waals surface area contributed by atoms with Crippen LogP contribution < -0.4 is 4.90 Å². The molecule has 0 aliphatic rings. The van der Waals surface area contributed by atoms with E-state index in [0.717, 1.165) is 0 Å². The number of nitrogens with zero attached hydrogens (tertiary/aromatic N) is 1. The fraction of sp³-hybridized carbons (Fsp3) is 0.182. The molecule has 0 heterocycles. The van der Waals surface area contributed by atoms with Gasteiger partial charge in [-0.25, -0.2) is 0 Å². The monoisotopic (exact) mass is 423 g/mol. The van der Waals surface area contributed by atoms with Crippen molar-refractivity contribution in [3.63, 3.8) is 0 Å². The molecule has 0 aliphatic carbocycles. The first kappa shape index (κ1) is 18.6. The maximum absolute atomic E-state index is 2.25. The predicted octanol–water partition coefficient (Wildman–Crippen LogP) is 6.26. The van der Waals surface area contributed by atoms with Crippen molar-refractivity contribution >= 4 is 39.6 Å². The molecule has 2 radical (unpaired) electrons. The van der Waals surface area contributed by atoms with E-state index in [-0.39, 0.29) is 0 Å². The van der Waals surface area contributed by atoms with Crippen molar-refractivity contribution in [2.75, 3.05) is 4.90 Å². The summed E-state index contributed by atoms with van der Waals surface area (Å²) < 4.78 is 1.47. The molecule has 0 spiro atoms. The molecule has 24 heavy (non-hydrogen) atoms. The number of benzene rings is 3. The maximum atomic E-state index is 2.25. The molecule has 122 valence electrons. The molecule has 0 fully saturated rings. The van der Waals surface area contributed by atoms with Gasteiger partial charge in [0.15, 0.2) is 0 Å². The van der Waals surface area contributed by atoms with Gasteiger partial charge in [-0.15, -0.1) is 0 Å². The Kier molecular flexibility index (Phi) is 8.47. The second-order valence-electron chi connectivity index (χ2n) is 5.48. The molecule has 0 aromatic heterocycles. The molecule has 3 aromatic rings. The Bertz CT molecular complexity index is 572. The van der Waals surface area contributed by atoms with Crippen molar-refractivity contribution in [3.8, 4) is 0 Å². The summed E-state index contributed by atoms with van der Waals surface area (Å²) in [5, 5.41) is 0. The van der Waals surface area contributed by atoms with Crippen LogP contribution in [0, 0.1) is 0 Å². The SMILES string of the molecule is CCC[CH2][SnH].c1ccc(N(c2ccccc2)c2ccccc2)cc1. The van der Waals surface area contributed by atoms with Gasteiger partial charge in [-0.3, -0.25) is 0 Å². The number of hydrogen-bond donors (Lipinski definition) is 0. The summed E-state index contributed by atoms with van der Waals surface area (Å²) in [6, 6.07) is 31.3. The van der Waals surface area contributed by atoms with E-state index in [1.807, 2.05) is 18.2 Å². The molecule has 0 unspecified atom stereocenters. The minimum atomic E-state index is 1.17. The molecule has 0 saturated carbocycles. The van der Waals surface area contributed by atoms with Gasteiger partial charge in [-0.2, -0.15) is 0 Å². The van der Waals surface area contributed by atoms with Crippen LogP contribution in [0.2, 0.25) is 4.44 Å². The van der Waals surface area contributed by atoms with Crippen LogP contribution in [0.4, 0.5) is 17.1 Å². The Hall–Kier alpha value is -1.74. The van der Waals surface area contributed by atoms with E-state index in [9.17, 15) is 0 Å². The molecule has 1 nitrogen and oxygen atoms in total. The van der Waals surface area contributed by atoms with Gasteiger partial charge >= 0.3 is 46.7 Å². The quantitative estimate of drug-likeness (QED) is 0.439. The van der Waals surface area contributed by atoms with E-state index in [1.165, 1.54) is 56.9 Å². The molecular weight excluding hydrogens is 397 g/mol. The summed E-state index contributed by atoms with van der Waals surface area (Å²) in [7, 11) is 0. The molecule has 3 rings (SSSR count). The summed E-state index contributed by atoms with van der Waals surface area (Å²) in [5.74, 6) is 0. The molecule has 0 N–H and O–H groups in total. The van der Waals surface area contributed by atoms with E-state index in [2.05, 4.69) is 84.6 Å². The Morgan fingerprint density at radius 1 is 0.625 bits per heavy atom. The molecule has 0 aliphatic heterocycles. The second-order valence-corrected chi connectivity index (χ2v) is 7.13. The number of unbranched alkanes of at least 4 members (excludes halogenated alkanes) is 1. The van der Waals surface area contributed by atoms with Crippen LogP contribution >= 0.6 is 0 Å². The van der Waals surface area contributed by atoms with Crippen LogP contribution in [0.15, 0.2) is 91.0 Å². The average Bonchev–Trinajstić information content (AvgIpc) is 2.66. The molecular formula is C22H25NSn. The minimum Gasteiger partial charge on any atom is -0.311 e. The van der Waals surface area contributed by atoms with Crippen LogP contribution in [0.3, 0.4) is 0 Å². The largest absolute Gasteiger partial charge is 0.311 e. The van der Waals surface area contributed by atoms with E-state index in [0.29, 0.717) is 0 Å². The Labute approximate surface area is 159 Å². The molecule has 0 amide bonds. The van der Waals surface area contributed by atoms with Gasteiger partial charge in [-0.1, -0.05) is 54.6 Å². The van der Waals surface area contributed by atoms with Crippen LogP contribution in [-0.4, -0.2) is 22.5 Å². The average molecular weight is 422 g/mol. The molecule has 0 atom stereocenters. The summed E-state index contributed by atoms with van der Waals surface area (Å²) in [6.45, 7) is 2.23. The second kappa shape index (κ2) is 10.9. The Balaban J connectivity index is 0.000000368. The topological polar surface area (TPSA) is 3.24 Å². The summed E-state index contributed by atoms with van der Waals surface area (Å²) in [6.07, 6.45) is 2.82. The van der Waals surface area contributed by atoms with Crippen LogP contribution in [0.25, 0.3) is 0 Å². The zero-order valence-corrected chi connectivity index (χ0v) is 17.6. The maximum Gasteiger partial charge on any atom is 0.0461 e. The van der Waals surface area contributed by atoms with Crippen molar-refractivity contribution in [1.29, 1.82) is 0 Å².